The van der Waals surface area contributed by atoms with Gasteiger partial charge in [-0.15, -0.1) is 0 Å². The zero-order valence-corrected chi connectivity index (χ0v) is 17.6. The van der Waals surface area contributed by atoms with Crippen LogP contribution >= 0.6 is 0 Å². The Bertz CT molecular complexity index is 853. The number of amides is 1. The molecule has 1 aromatic carbocycles. The van der Waals surface area contributed by atoms with Crippen molar-refractivity contribution in [1.29, 1.82) is 0 Å². The summed E-state index contributed by atoms with van der Waals surface area (Å²) in [6.07, 6.45) is 7.51. The van der Waals surface area contributed by atoms with Crippen LogP contribution in [0.5, 0.6) is 5.75 Å². The van der Waals surface area contributed by atoms with Crippen molar-refractivity contribution in [3.63, 3.8) is 0 Å². The standard InChI is InChI=1S/C23H32N4O2/c1-26-20-12-11-18(24-16-17-9-5-6-10-21(17)29-2)15-19(20)22(25-26)23(28)27-13-7-3-4-8-14-27/h5-6,9-10,18,24H,3-4,7-8,11-16H2,1-2H3. The van der Waals surface area contributed by atoms with E-state index in [1.165, 1.54) is 18.5 Å². The predicted molar refractivity (Wildman–Crippen MR) is 113 cm³/mol. The zero-order valence-electron chi connectivity index (χ0n) is 17.6. The lowest BCUT2D eigenvalue weighted by molar-refractivity contribution is 0.0753. The summed E-state index contributed by atoms with van der Waals surface area (Å²) in [5.41, 5.74) is 4.20. The van der Waals surface area contributed by atoms with Crippen LogP contribution in [-0.4, -0.2) is 46.8 Å². The van der Waals surface area contributed by atoms with Crippen molar-refractivity contribution in [2.45, 2.75) is 57.5 Å². The number of fused-ring (bicyclic) bond motifs is 1. The second-order valence-electron chi connectivity index (χ2n) is 8.24. The molecule has 0 bridgehead atoms. The zero-order chi connectivity index (χ0) is 20.2. The molecule has 1 atom stereocenters. The number of nitrogens with zero attached hydrogens (tertiary/aromatic N) is 3. The van der Waals surface area contributed by atoms with Crippen LogP contribution in [0, 0.1) is 0 Å². The highest BCUT2D eigenvalue weighted by molar-refractivity contribution is 5.94. The van der Waals surface area contributed by atoms with E-state index in [-0.39, 0.29) is 5.91 Å². The Hall–Kier alpha value is -2.34. The number of hydrogen-bond donors (Lipinski definition) is 1. The molecule has 156 valence electrons. The van der Waals surface area contributed by atoms with Crippen molar-refractivity contribution in [3.05, 3.63) is 46.8 Å². The van der Waals surface area contributed by atoms with Crippen molar-refractivity contribution in [3.8, 4) is 5.75 Å². The van der Waals surface area contributed by atoms with Crippen LogP contribution in [0.1, 0.15) is 59.4 Å². The van der Waals surface area contributed by atoms with E-state index in [1.807, 2.05) is 34.8 Å². The van der Waals surface area contributed by atoms with E-state index < -0.39 is 0 Å². The number of hydrogen-bond acceptors (Lipinski definition) is 4. The first-order chi connectivity index (χ1) is 14.2. The second-order valence-corrected chi connectivity index (χ2v) is 8.24. The first-order valence-corrected chi connectivity index (χ1v) is 10.9. The van der Waals surface area contributed by atoms with Gasteiger partial charge in [-0.1, -0.05) is 31.0 Å². The van der Waals surface area contributed by atoms with E-state index in [0.717, 1.165) is 68.6 Å². The molecule has 4 rings (SSSR count). The molecule has 6 nitrogen and oxygen atoms in total. The molecule has 1 fully saturated rings. The van der Waals surface area contributed by atoms with Crippen molar-refractivity contribution in [1.82, 2.24) is 20.0 Å². The molecule has 29 heavy (non-hydrogen) atoms. The summed E-state index contributed by atoms with van der Waals surface area (Å²) in [6, 6.07) is 8.46. The monoisotopic (exact) mass is 396 g/mol. The molecule has 1 aliphatic carbocycles. The Kier molecular flexibility index (Phi) is 6.19. The number of benzene rings is 1. The third-order valence-corrected chi connectivity index (χ3v) is 6.32. The Morgan fingerprint density at radius 1 is 1.21 bits per heavy atom. The lowest BCUT2D eigenvalue weighted by Gasteiger charge is -2.25. The Labute approximate surface area is 173 Å². The average Bonchev–Trinajstić information content (AvgIpc) is 2.92. The fraction of sp³-hybridized carbons (Fsp3) is 0.565. The minimum absolute atomic E-state index is 0.120. The molecule has 0 spiro atoms. The van der Waals surface area contributed by atoms with Crippen LogP contribution in [0.25, 0.3) is 0 Å². The first-order valence-electron chi connectivity index (χ1n) is 10.9. The van der Waals surface area contributed by atoms with E-state index in [4.69, 9.17) is 4.74 Å². The number of rotatable bonds is 5. The molecule has 0 saturated carbocycles. The van der Waals surface area contributed by atoms with Gasteiger partial charge in [-0.05, 0) is 38.2 Å². The molecule has 1 aliphatic heterocycles. The molecular formula is C23H32N4O2. The van der Waals surface area contributed by atoms with Crippen molar-refractivity contribution in [2.75, 3.05) is 20.2 Å². The van der Waals surface area contributed by atoms with Gasteiger partial charge in [-0.3, -0.25) is 9.48 Å². The summed E-state index contributed by atoms with van der Waals surface area (Å²) in [6.45, 7) is 2.49. The summed E-state index contributed by atoms with van der Waals surface area (Å²) in [5.74, 6) is 1.03. The summed E-state index contributed by atoms with van der Waals surface area (Å²) in [4.78, 5) is 15.2. The average molecular weight is 397 g/mol. The van der Waals surface area contributed by atoms with E-state index in [2.05, 4.69) is 16.5 Å². The van der Waals surface area contributed by atoms with Gasteiger partial charge in [0.2, 0.25) is 0 Å². The summed E-state index contributed by atoms with van der Waals surface area (Å²) >= 11 is 0. The van der Waals surface area contributed by atoms with Gasteiger partial charge in [-0.25, -0.2) is 0 Å². The summed E-state index contributed by atoms with van der Waals surface area (Å²) < 4.78 is 7.40. The van der Waals surface area contributed by atoms with Gasteiger partial charge in [0.15, 0.2) is 5.69 Å². The smallest absolute Gasteiger partial charge is 0.274 e. The van der Waals surface area contributed by atoms with E-state index in [9.17, 15) is 4.79 Å². The molecule has 2 aromatic rings. The number of aromatic nitrogens is 2. The molecule has 2 aliphatic rings. The van der Waals surface area contributed by atoms with Crippen LogP contribution < -0.4 is 10.1 Å². The lowest BCUT2D eigenvalue weighted by atomic mass is 9.91. The van der Waals surface area contributed by atoms with Crippen LogP contribution in [0.15, 0.2) is 24.3 Å². The number of para-hydroxylation sites is 1. The SMILES string of the molecule is COc1ccccc1CNC1CCc2c(c(C(=O)N3CCCCCC3)nn2C)C1. The number of methoxy groups -OCH3 is 1. The van der Waals surface area contributed by atoms with Crippen LogP contribution in [-0.2, 0) is 26.4 Å². The Morgan fingerprint density at radius 3 is 2.72 bits per heavy atom. The van der Waals surface area contributed by atoms with Gasteiger partial charge < -0.3 is 15.0 Å². The number of carbonyl (C=O) groups is 1. The predicted octanol–water partition coefficient (Wildman–Crippen LogP) is 3.09. The van der Waals surface area contributed by atoms with Crippen molar-refractivity contribution >= 4 is 5.91 Å². The Morgan fingerprint density at radius 2 is 1.97 bits per heavy atom. The molecule has 1 N–H and O–H groups in total. The second kappa shape index (κ2) is 8.99. The van der Waals surface area contributed by atoms with Gasteiger partial charge in [0, 0.05) is 49.5 Å². The van der Waals surface area contributed by atoms with Crippen molar-refractivity contribution in [2.24, 2.45) is 7.05 Å². The van der Waals surface area contributed by atoms with E-state index >= 15 is 0 Å². The first kappa shape index (κ1) is 20.0. The largest absolute Gasteiger partial charge is 0.496 e. The molecule has 1 unspecified atom stereocenters. The van der Waals surface area contributed by atoms with Gasteiger partial charge in [-0.2, -0.15) is 5.10 Å². The molecule has 2 heterocycles. The lowest BCUT2D eigenvalue weighted by Crippen LogP contribution is -2.36. The minimum atomic E-state index is 0.120. The molecular weight excluding hydrogens is 364 g/mol. The van der Waals surface area contributed by atoms with Crippen molar-refractivity contribution < 1.29 is 9.53 Å². The van der Waals surface area contributed by atoms with Crippen LogP contribution in [0.2, 0.25) is 0 Å². The molecule has 0 radical (unpaired) electrons. The fourth-order valence-corrected chi connectivity index (χ4v) is 4.66. The summed E-state index contributed by atoms with van der Waals surface area (Å²) in [7, 11) is 3.68. The maximum atomic E-state index is 13.2. The van der Waals surface area contributed by atoms with Gasteiger partial charge in [0.05, 0.1) is 7.11 Å². The summed E-state index contributed by atoms with van der Waals surface area (Å²) in [5, 5.41) is 8.33. The highest BCUT2D eigenvalue weighted by atomic mass is 16.5. The van der Waals surface area contributed by atoms with Crippen LogP contribution in [0.4, 0.5) is 0 Å². The Balaban J connectivity index is 1.47. The van der Waals surface area contributed by atoms with E-state index in [0.29, 0.717) is 11.7 Å². The number of nitrogens with one attached hydrogen (secondary N) is 1. The van der Waals surface area contributed by atoms with E-state index in [1.54, 1.807) is 7.11 Å². The molecule has 1 aromatic heterocycles. The number of carbonyl (C=O) groups excluding carboxylic acids is 1. The highest BCUT2D eigenvalue weighted by Crippen LogP contribution is 2.27. The number of aryl methyl sites for hydroxylation is 1. The molecule has 6 heteroatoms. The van der Waals surface area contributed by atoms with Gasteiger partial charge >= 0.3 is 0 Å². The molecule has 1 saturated heterocycles. The number of ether oxygens (including phenoxy) is 1. The quantitative estimate of drug-likeness (QED) is 0.844. The third kappa shape index (κ3) is 4.32. The molecule has 1 amide bonds. The normalized spacial score (nSPS) is 19.5. The maximum absolute atomic E-state index is 13.2. The van der Waals surface area contributed by atoms with Gasteiger partial charge in [0.25, 0.3) is 5.91 Å². The third-order valence-electron chi connectivity index (χ3n) is 6.32. The maximum Gasteiger partial charge on any atom is 0.274 e. The fourth-order valence-electron chi connectivity index (χ4n) is 4.66. The highest BCUT2D eigenvalue weighted by Gasteiger charge is 2.30. The van der Waals surface area contributed by atoms with Gasteiger partial charge in [0.1, 0.15) is 5.75 Å². The number of likely N-dealkylation sites (tertiary alicyclic amines) is 1. The van der Waals surface area contributed by atoms with Crippen LogP contribution in [0.3, 0.4) is 0 Å². The topological polar surface area (TPSA) is 59.4 Å². The minimum Gasteiger partial charge on any atom is -0.496 e.